The van der Waals surface area contributed by atoms with Gasteiger partial charge in [-0.05, 0) is 0 Å². The molecule has 0 aliphatic rings. The molecule has 0 aromatic carbocycles. The van der Waals surface area contributed by atoms with Gasteiger partial charge in [-0.25, -0.2) is 13.9 Å². The van der Waals surface area contributed by atoms with Crippen LogP contribution < -0.4 is 0 Å². The third kappa shape index (κ3) is 1.02. The van der Waals surface area contributed by atoms with E-state index in [-0.39, 0.29) is 5.82 Å². The molecule has 0 aliphatic carbocycles. The second-order valence-electron chi connectivity index (χ2n) is 1.37. The Morgan fingerprint density at radius 1 is 1.89 bits per heavy atom. The number of halogens is 1. The standard InChI is InChI=1S/C4H3ClN2O2/c5-7-2-1-6-3(7)4(8)9/h1-2H,(H,8,9). The van der Waals surface area contributed by atoms with Crippen molar-refractivity contribution in [2.75, 3.05) is 0 Å². The first-order valence-corrected chi connectivity index (χ1v) is 2.48. The fraction of sp³-hybridized carbons (Fsp3) is 0. The molecule has 1 heterocycles. The van der Waals surface area contributed by atoms with E-state index < -0.39 is 5.97 Å². The number of carboxylic acids is 1. The Hall–Kier alpha value is -1.03. The van der Waals surface area contributed by atoms with Gasteiger partial charge in [0.25, 0.3) is 0 Å². The summed E-state index contributed by atoms with van der Waals surface area (Å²) >= 11 is 5.31. The van der Waals surface area contributed by atoms with Gasteiger partial charge in [0, 0.05) is 24.2 Å². The van der Waals surface area contributed by atoms with Crippen LogP contribution in [0.25, 0.3) is 0 Å². The van der Waals surface area contributed by atoms with Crippen molar-refractivity contribution in [3.8, 4) is 0 Å². The average molecular weight is 147 g/mol. The van der Waals surface area contributed by atoms with E-state index in [1.807, 2.05) is 0 Å². The summed E-state index contributed by atoms with van der Waals surface area (Å²) in [4.78, 5) is 13.6. The number of hydrogen-bond donors (Lipinski definition) is 1. The minimum absolute atomic E-state index is 0.170. The molecule has 1 rings (SSSR count). The zero-order chi connectivity index (χ0) is 6.85. The maximum atomic E-state index is 10.1. The molecule has 0 amide bonds. The van der Waals surface area contributed by atoms with E-state index >= 15 is 0 Å². The zero-order valence-electron chi connectivity index (χ0n) is 4.28. The molecular weight excluding hydrogens is 144 g/mol. The number of carboxylic acid groups (broad SMARTS) is 1. The number of aromatic nitrogens is 2. The summed E-state index contributed by atoms with van der Waals surface area (Å²) in [7, 11) is 0. The van der Waals surface area contributed by atoms with Crippen LogP contribution in [0.5, 0.6) is 0 Å². The van der Waals surface area contributed by atoms with Gasteiger partial charge in [0.2, 0.25) is 5.82 Å². The average Bonchev–Trinajstić information content (AvgIpc) is 2.13. The highest BCUT2D eigenvalue weighted by molar-refractivity contribution is 6.17. The molecule has 9 heavy (non-hydrogen) atoms. The Balaban J connectivity index is 3.08. The van der Waals surface area contributed by atoms with E-state index in [9.17, 15) is 4.79 Å². The summed E-state index contributed by atoms with van der Waals surface area (Å²) in [5, 5.41) is 8.29. The molecule has 0 saturated heterocycles. The number of hydrogen-bond acceptors (Lipinski definition) is 2. The van der Waals surface area contributed by atoms with E-state index in [1.54, 1.807) is 0 Å². The third-order valence-electron chi connectivity index (χ3n) is 0.788. The lowest BCUT2D eigenvalue weighted by atomic mass is 10.6. The predicted molar refractivity (Wildman–Crippen MR) is 30.4 cm³/mol. The van der Waals surface area contributed by atoms with Crippen LogP contribution in [-0.4, -0.2) is 20.1 Å². The monoisotopic (exact) mass is 146 g/mol. The molecule has 48 valence electrons. The van der Waals surface area contributed by atoms with Crippen LogP contribution in [0.15, 0.2) is 12.4 Å². The van der Waals surface area contributed by atoms with Crippen molar-refractivity contribution in [2.24, 2.45) is 0 Å². The molecule has 0 atom stereocenters. The number of nitrogens with zero attached hydrogens (tertiary/aromatic N) is 2. The molecule has 1 N–H and O–H groups in total. The van der Waals surface area contributed by atoms with Crippen molar-refractivity contribution in [1.82, 2.24) is 9.07 Å². The minimum atomic E-state index is -1.13. The van der Waals surface area contributed by atoms with E-state index in [0.717, 1.165) is 4.09 Å². The minimum Gasteiger partial charge on any atom is -0.475 e. The first-order valence-electron chi connectivity index (χ1n) is 2.14. The Bertz CT molecular complexity index is 232. The third-order valence-corrected chi connectivity index (χ3v) is 1.06. The molecule has 0 radical (unpaired) electrons. The maximum absolute atomic E-state index is 10.1. The van der Waals surface area contributed by atoms with E-state index in [2.05, 4.69) is 4.98 Å². The van der Waals surface area contributed by atoms with Crippen LogP contribution in [0.3, 0.4) is 0 Å². The quantitative estimate of drug-likeness (QED) is 0.631. The summed E-state index contributed by atoms with van der Waals surface area (Å²) in [6.07, 6.45) is 2.67. The Morgan fingerprint density at radius 3 is 2.78 bits per heavy atom. The van der Waals surface area contributed by atoms with Crippen molar-refractivity contribution in [2.45, 2.75) is 0 Å². The Kier molecular flexibility index (Phi) is 1.40. The number of aromatic carboxylic acids is 1. The van der Waals surface area contributed by atoms with Crippen LogP contribution in [0.2, 0.25) is 0 Å². The van der Waals surface area contributed by atoms with E-state index in [0.29, 0.717) is 0 Å². The van der Waals surface area contributed by atoms with E-state index in [1.165, 1.54) is 12.4 Å². The lowest BCUT2D eigenvalue weighted by Crippen LogP contribution is -2.01. The summed E-state index contributed by atoms with van der Waals surface area (Å²) in [6, 6.07) is 0. The smallest absolute Gasteiger partial charge is 0.373 e. The molecule has 0 fully saturated rings. The Morgan fingerprint density at radius 2 is 2.56 bits per heavy atom. The van der Waals surface area contributed by atoms with Crippen LogP contribution in [0.1, 0.15) is 10.6 Å². The zero-order valence-corrected chi connectivity index (χ0v) is 5.04. The topological polar surface area (TPSA) is 55.1 Å². The van der Waals surface area contributed by atoms with Crippen molar-refractivity contribution < 1.29 is 9.90 Å². The number of rotatable bonds is 1. The molecule has 0 aliphatic heterocycles. The molecular formula is C4H3ClN2O2. The molecule has 0 unspecified atom stereocenters. The van der Waals surface area contributed by atoms with Crippen LogP contribution in [0, 0.1) is 0 Å². The van der Waals surface area contributed by atoms with Gasteiger partial charge in [-0.15, -0.1) is 0 Å². The van der Waals surface area contributed by atoms with Crippen LogP contribution in [0.4, 0.5) is 0 Å². The summed E-state index contributed by atoms with van der Waals surface area (Å²) in [5.41, 5.74) is 0. The van der Waals surface area contributed by atoms with Gasteiger partial charge in [-0.2, -0.15) is 0 Å². The van der Waals surface area contributed by atoms with Gasteiger partial charge in [0.15, 0.2) is 0 Å². The summed E-state index contributed by atoms with van der Waals surface area (Å²) in [5.74, 6) is -1.30. The van der Waals surface area contributed by atoms with E-state index in [4.69, 9.17) is 16.9 Å². The normalized spacial score (nSPS) is 9.44. The summed E-state index contributed by atoms with van der Waals surface area (Å²) < 4.78 is 0.919. The van der Waals surface area contributed by atoms with Crippen molar-refractivity contribution in [3.63, 3.8) is 0 Å². The molecule has 0 bridgehead atoms. The van der Waals surface area contributed by atoms with Gasteiger partial charge >= 0.3 is 5.97 Å². The summed E-state index contributed by atoms with van der Waals surface area (Å²) in [6.45, 7) is 0. The van der Waals surface area contributed by atoms with Gasteiger partial charge in [-0.3, -0.25) is 0 Å². The van der Waals surface area contributed by atoms with Crippen molar-refractivity contribution >= 4 is 17.7 Å². The molecule has 1 aromatic heterocycles. The predicted octanol–water partition coefficient (Wildman–Crippen LogP) is 0.583. The van der Waals surface area contributed by atoms with Crippen molar-refractivity contribution in [1.29, 1.82) is 0 Å². The SMILES string of the molecule is O=C(O)c1nccn1Cl. The number of imidazole rings is 1. The van der Waals surface area contributed by atoms with Crippen LogP contribution in [-0.2, 0) is 0 Å². The van der Waals surface area contributed by atoms with Gasteiger partial charge in [0.1, 0.15) is 0 Å². The van der Waals surface area contributed by atoms with Crippen LogP contribution >= 0.6 is 11.8 Å². The highest BCUT2D eigenvalue weighted by atomic mass is 35.5. The fourth-order valence-corrected chi connectivity index (χ4v) is 0.601. The lowest BCUT2D eigenvalue weighted by molar-refractivity contribution is 0.0683. The highest BCUT2D eigenvalue weighted by Gasteiger charge is 2.07. The largest absolute Gasteiger partial charge is 0.475 e. The first-order chi connectivity index (χ1) is 4.22. The fourth-order valence-electron chi connectivity index (χ4n) is 0.435. The molecule has 0 spiro atoms. The second-order valence-corrected chi connectivity index (χ2v) is 1.73. The first kappa shape index (κ1) is 6.10. The molecule has 1 aromatic rings. The van der Waals surface area contributed by atoms with Crippen molar-refractivity contribution in [3.05, 3.63) is 18.2 Å². The van der Waals surface area contributed by atoms with Gasteiger partial charge in [-0.1, -0.05) is 0 Å². The van der Waals surface area contributed by atoms with Gasteiger partial charge < -0.3 is 5.11 Å². The van der Waals surface area contributed by atoms with Gasteiger partial charge in [0.05, 0.1) is 0 Å². The Labute approximate surface area is 55.8 Å². The lowest BCUT2D eigenvalue weighted by Gasteiger charge is -1.87. The second kappa shape index (κ2) is 2.06. The molecule has 0 saturated carbocycles. The number of carbonyl (C=O) groups is 1. The maximum Gasteiger partial charge on any atom is 0.373 e. The molecule has 5 heteroatoms. The highest BCUT2D eigenvalue weighted by Crippen LogP contribution is 1.97. The molecule has 4 nitrogen and oxygen atoms in total.